The van der Waals surface area contributed by atoms with Gasteiger partial charge in [-0.15, -0.1) is 0 Å². The summed E-state index contributed by atoms with van der Waals surface area (Å²) in [5, 5.41) is 22.2. The second kappa shape index (κ2) is 6.67. The molecule has 1 heterocycles. The molecule has 3 heteroatoms. The summed E-state index contributed by atoms with van der Waals surface area (Å²) in [5.74, 6) is 0. The number of aliphatic hydroxyl groups is 2. The van der Waals surface area contributed by atoms with Crippen LogP contribution < -0.4 is 0 Å². The molecule has 0 aliphatic carbocycles. The van der Waals surface area contributed by atoms with Crippen molar-refractivity contribution >= 4 is 0 Å². The Hall–Kier alpha value is -1.68. The van der Waals surface area contributed by atoms with Crippen molar-refractivity contribution in [2.24, 2.45) is 0 Å². The fraction of sp³-hybridized carbons (Fsp3) is 0.429. The molecule has 128 valence electrons. The van der Waals surface area contributed by atoms with Gasteiger partial charge in [-0.3, -0.25) is 4.90 Å². The van der Waals surface area contributed by atoms with Crippen LogP contribution in [0.3, 0.4) is 0 Å². The monoisotopic (exact) mass is 325 g/mol. The average molecular weight is 325 g/mol. The molecule has 2 aromatic carbocycles. The quantitative estimate of drug-likeness (QED) is 0.887. The summed E-state index contributed by atoms with van der Waals surface area (Å²) in [6, 6.07) is 19.8. The van der Waals surface area contributed by atoms with Crippen molar-refractivity contribution in [3.8, 4) is 0 Å². The summed E-state index contributed by atoms with van der Waals surface area (Å²) in [6.45, 7) is 5.11. The normalized spacial score (nSPS) is 19.6. The SMILES string of the molecule is CC(C)(O)CN1CCC[C@H]1C(O)(c1ccccc1)c1ccccc1. The van der Waals surface area contributed by atoms with Gasteiger partial charge in [0.1, 0.15) is 5.60 Å². The largest absolute Gasteiger partial charge is 0.389 e. The van der Waals surface area contributed by atoms with Gasteiger partial charge in [0.05, 0.1) is 5.60 Å². The molecule has 0 radical (unpaired) electrons. The molecule has 3 rings (SSSR count). The van der Waals surface area contributed by atoms with Crippen LogP contribution in [0.15, 0.2) is 60.7 Å². The number of hydrogen-bond donors (Lipinski definition) is 2. The van der Waals surface area contributed by atoms with E-state index in [1.54, 1.807) is 0 Å². The molecule has 0 aromatic heterocycles. The van der Waals surface area contributed by atoms with E-state index in [-0.39, 0.29) is 6.04 Å². The summed E-state index contributed by atoms with van der Waals surface area (Å²) >= 11 is 0. The van der Waals surface area contributed by atoms with Crippen molar-refractivity contribution in [2.45, 2.75) is 43.9 Å². The minimum atomic E-state index is -1.08. The molecule has 0 saturated carbocycles. The molecular weight excluding hydrogens is 298 g/mol. The van der Waals surface area contributed by atoms with Crippen LogP contribution in [0, 0.1) is 0 Å². The van der Waals surface area contributed by atoms with Crippen LogP contribution in [0.25, 0.3) is 0 Å². The first-order valence-electron chi connectivity index (χ1n) is 8.71. The lowest BCUT2D eigenvalue weighted by Crippen LogP contribution is -2.51. The molecule has 0 amide bonds. The lowest BCUT2D eigenvalue weighted by Gasteiger charge is -2.41. The van der Waals surface area contributed by atoms with Gasteiger partial charge < -0.3 is 10.2 Å². The van der Waals surface area contributed by atoms with Gasteiger partial charge in [-0.2, -0.15) is 0 Å². The molecule has 1 fully saturated rings. The topological polar surface area (TPSA) is 43.7 Å². The Kier molecular flexibility index (Phi) is 4.77. The molecule has 24 heavy (non-hydrogen) atoms. The molecule has 3 nitrogen and oxygen atoms in total. The number of likely N-dealkylation sites (tertiary alicyclic amines) is 1. The molecule has 2 N–H and O–H groups in total. The van der Waals surface area contributed by atoms with Crippen LogP contribution in [0.4, 0.5) is 0 Å². The Morgan fingerprint density at radius 2 is 1.42 bits per heavy atom. The summed E-state index contributed by atoms with van der Waals surface area (Å²) < 4.78 is 0. The van der Waals surface area contributed by atoms with E-state index in [2.05, 4.69) is 4.90 Å². The van der Waals surface area contributed by atoms with Gasteiger partial charge in [-0.25, -0.2) is 0 Å². The number of rotatable bonds is 5. The highest BCUT2D eigenvalue weighted by Crippen LogP contribution is 2.40. The zero-order valence-electron chi connectivity index (χ0n) is 14.5. The molecule has 1 saturated heterocycles. The van der Waals surface area contributed by atoms with Crippen molar-refractivity contribution in [2.75, 3.05) is 13.1 Å². The van der Waals surface area contributed by atoms with Crippen molar-refractivity contribution in [3.05, 3.63) is 71.8 Å². The Morgan fingerprint density at radius 3 is 1.88 bits per heavy atom. The zero-order chi connectivity index (χ0) is 17.2. The van der Waals surface area contributed by atoms with Crippen LogP contribution in [0.1, 0.15) is 37.8 Å². The van der Waals surface area contributed by atoms with Gasteiger partial charge in [0.25, 0.3) is 0 Å². The van der Waals surface area contributed by atoms with Crippen molar-refractivity contribution in [3.63, 3.8) is 0 Å². The van der Waals surface area contributed by atoms with E-state index in [0.29, 0.717) is 6.54 Å². The third kappa shape index (κ3) is 3.39. The number of benzene rings is 2. The van der Waals surface area contributed by atoms with Crippen molar-refractivity contribution in [1.82, 2.24) is 4.90 Å². The van der Waals surface area contributed by atoms with Gasteiger partial charge in [-0.05, 0) is 44.4 Å². The van der Waals surface area contributed by atoms with E-state index in [1.165, 1.54) is 0 Å². The molecule has 1 aliphatic rings. The molecule has 0 unspecified atom stereocenters. The van der Waals surface area contributed by atoms with Gasteiger partial charge in [0.15, 0.2) is 0 Å². The van der Waals surface area contributed by atoms with Crippen LogP contribution in [0.5, 0.6) is 0 Å². The van der Waals surface area contributed by atoms with Crippen LogP contribution >= 0.6 is 0 Å². The first kappa shape index (κ1) is 17.2. The summed E-state index contributed by atoms with van der Waals surface area (Å²) in [4.78, 5) is 2.24. The highest BCUT2D eigenvalue weighted by Gasteiger charge is 2.46. The number of nitrogens with zero attached hydrogens (tertiary/aromatic N) is 1. The Labute approximate surface area is 144 Å². The minimum Gasteiger partial charge on any atom is -0.389 e. The van der Waals surface area contributed by atoms with Crippen molar-refractivity contribution < 1.29 is 10.2 Å². The third-order valence-electron chi connectivity index (χ3n) is 4.86. The smallest absolute Gasteiger partial charge is 0.130 e. The lowest BCUT2D eigenvalue weighted by molar-refractivity contribution is -0.0349. The fourth-order valence-corrected chi connectivity index (χ4v) is 3.92. The predicted octanol–water partition coefficient (Wildman–Crippen LogP) is 3.16. The van der Waals surface area contributed by atoms with E-state index in [9.17, 15) is 10.2 Å². The van der Waals surface area contributed by atoms with Crippen LogP contribution in [-0.2, 0) is 5.60 Å². The second-order valence-electron chi connectivity index (χ2n) is 7.44. The molecule has 0 spiro atoms. The second-order valence-corrected chi connectivity index (χ2v) is 7.44. The Bertz CT molecular complexity index is 609. The van der Waals surface area contributed by atoms with Crippen LogP contribution in [-0.4, -0.2) is 39.8 Å². The first-order valence-corrected chi connectivity index (χ1v) is 8.71. The zero-order valence-corrected chi connectivity index (χ0v) is 14.5. The van der Waals surface area contributed by atoms with Gasteiger partial charge in [-0.1, -0.05) is 60.7 Å². The van der Waals surface area contributed by atoms with E-state index in [0.717, 1.165) is 30.5 Å². The molecule has 0 bridgehead atoms. The number of hydrogen-bond acceptors (Lipinski definition) is 3. The molecule has 2 aromatic rings. The average Bonchev–Trinajstić information content (AvgIpc) is 3.02. The lowest BCUT2D eigenvalue weighted by atomic mass is 9.79. The first-order chi connectivity index (χ1) is 11.4. The van der Waals surface area contributed by atoms with Gasteiger partial charge >= 0.3 is 0 Å². The Balaban J connectivity index is 2.05. The van der Waals surface area contributed by atoms with E-state index < -0.39 is 11.2 Å². The Morgan fingerprint density at radius 1 is 0.917 bits per heavy atom. The standard InChI is InChI=1S/C21H27NO2/c1-20(2,23)16-22-15-9-14-19(22)21(24,17-10-5-3-6-11-17)18-12-7-4-8-13-18/h3-8,10-13,19,23-24H,9,14-16H2,1-2H3/t19-/m0/s1. The minimum absolute atomic E-state index is 0.0475. The van der Waals surface area contributed by atoms with E-state index in [1.807, 2.05) is 74.5 Å². The number of β-amino-alcohol motifs (C(OH)–C–C–N with tert-alkyl or cyclic N) is 1. The summed E-state index contributed by atoms with van der Waals surface area (Å²) in [7, 11) is 0. The highest BCUT2D eigenvalue weighted by atomic mass is 16.3. The highest BCUT2D eigenvalue weighted by molar-refractivity contribution is 5.38. The van der Waals surface area contributed by atoms with Crippen molar-refractivity contribution in [1.29, 1.82) is 0 Å². The van der Waals surface area contributed by atoms with Gasteiger partial charge in [0.2, 0.25) is 0 Å². The maximum atomic E-state index is 11.9. The van der Waals surface area contributed by atoms with Crippen LogP contribution in [0.2, 0.25) is 0 Å². The summed E-state index contributed by atoms with van der Waals surface area (Å²) in [6.07, 6.45) is 1.94. The maximum absolute atomic E-state index is 11.9. The third-order valence-corrected chi connectivity index (χ3v) is 4.86. The fourth-order valence-electron chi connectivity index (χ4n) is 3.92. The van der Waals surface area contributed by atoms with Gasteiger partial charge in [0, 0.05) is 12.6 Å². The predicted molar refractivity (Wildman–Crippen MR) is 96.8 cm³/mol. The molecule has 1 atom stereocenters. The van der Waals surface area contributed by atoms with E-state index in [4.69, 9.17) is 0 Å². The maximum Gasteiger partial charge on any atom is 0.130 e. The van der Waals surface area contributed by atoms with E-state index >= 15 is 0 Å². The molecular formula is C21H27NO2. The molecule has 1 aliphatic heterocycles. The summed E-state index contributed by atoms with van der Waals surface area (Å²) in [5.41, 5.74) is -0.0473.